The molecule has 7 heteroatoms. The van der Waals surface area contributed by atoms with Crippen molar-refractivity contribution in [1.29, 1.82) is 0 Å². The lowest BCUT2D eigenvalue weighted by molar-refractivity contribution is 0.0250. The van der Waals surface area contributed by atoms with Gasteiger partial charge in [-0.05, 0) is 58.2 Å². The average Bonchev–Trinajstić information content (AvgIpc) is 3.10. The molecule has 0 saturated carbocycles. The number of carbonyl (C=O) groups excluding carboxylic acids is 1. The van der Waals surface area contributed by atoms with E-state index < -0.39 is 0 Å². The second kappa shape index (κ2) is 7.31. The number of likely N-dealkylation sites (tertiary alicyclic amines) is 1. The van der Waals surface area contributed by atoms with Crippen LogP contribution in [0.15, 0.2) is 28.9 Å². The summed E-state index contributed by atoms with van der Waals surface area (Å²) in [5.41, 5.74) is 1.94. The third-order valence-electron chi connectivity index (χ3n) is 5.88. The summed E-state index contributed by atoms with van der Waals surface area (Å²) in [6.07, 6.45) is 4.26. The smallest absolute Gasteiger partial charge is 0.257 e. The quantitative estimate of drug-likeness (QED) is 0.891. The van der Waals surface area contributed by atoms with Gasteiger partial charge >= 0.3 is 0 Å². The summed E-state index contributed by atoms with van der Waals surface area (Å²) in [5.74, 6) is 0.612. The Labute approximate surface area is 159 Å². The van der Waals surface area contributed by atoms with E-state index in [2.05, 4.69) is 22.6 Å². The third kappa shape index (κ3) is 3.43. The number of aromatic nitrogens is 2. The molecule has 0 unspecified atom stereocenters. The molecule has 7 nitrogen and oxygen atoms in total. The molecule has 1 amide bonds. The van der Waals surface area contributed by atoms with Gasteiger partial charge in [0.2, 0.25) is 0 Å². The van der Waals surface area contributed by atoms with E-state index in [4.69, 9.17) is 9.37 Å². The number of amides is 1. The molecular weight excluding hydrogens is 344 g/mol. The van der Waals surface area contributed by atoms with Crippen LogP contribution < -0.4 is 10.1 Å². The number of hydrogen-bond donors (Lipinski definition) is 1. The summed E-state index contributed by atoms with van der Waals surface area (Å²) in [6, 6.07) is 7.66. The highest BCUT2D eigenvalue weighted by atomic mass is 16.6. The first-order chi connectivity index (χ1) is 13.1. The van der Waals surface area contributed by atoms with Crippen LogP contribution in [-0.4, -0.2) is 45.8 Å². The summed E-state index contributed by atoms with van der Waals surface area (Å²) in [7, 11) is 0. The number of aryl methyl sites for hydroxylation is 1. The van der Waals surface area contributed by atoms with Crippen molar-refractivity contribution in [2.45, 2.75) is 57.7 Å². The molecule has 2 atom stereocenters. The summed E-state index contributed by atoms with van der Waals surface area (Å²) >= 11 is 0. The highest BCUT2D eigenvalue weighted by Crippen LogP contribution is 2.35. The first-order valence-electron chi connectivity index (χ1n) is 9.64. The van der Waals surface area contributed by atoms with Gasteiger partial charge < -0.3 is 15.0 Å². The molecule has 3 heterocycles. The van der Waals surface area contributed by atoms with Gasteiger partial charge in [-0.1, -0.05) is 22.4 Å². The van der Waals surface area contributed by atoms with Crippen molar-refractivity contribution in [2.75, 3.05) is 13.1 Å². The van der Waals surface area contributed by atoms with Gasteiger partial charge in [-0.2, -0.15) is 0 Å². The molecule has 2 aliphatic heterocycles. The van der Waals surface area contributed by atoms with Gasteiger partial charge in [0.1, 0.15) is 23.7 Å². The standard InChI is InChI=1S/C20H26N4O3/c1-14-16(23-27-22-14)13-26-17-8-4-3-7-15(17)19(25)24-12-6-10-20(2)18(24)9-5-11-21-20/h3-4,7-8,18,21H,5-6,9-13H2,1-2H3/t18-,20+/m1/s1. The minimum Gasteiger partial charge on any atom is -0.486 e. The van der Waals surface area contributed by atoms with Crippen molar-refractivity contribution in [3.05, 3.63) is 41.2 Å². The average molecular weight is 370 g/mol. The number of piperidine rings is 2. The van der Waals surface area contributed by atoms with Gasteiger partial charge in [0.25, 0.3) is 5.91 Å². The molecule has 2 saturated heterocycles. The lowest BCUT2D eigenvalue weighted by atomic mass is 9.77. The predicted octanol–water partition coefficient (Wildman–Crippen LogP) is 2.70. The minimum atomic E-state index is 0.00541. The molecule has 0 aliphatic carbocycles. The Morgan fingerprint density at radius 2 is 2.22 bits per heavy atom. The molecule has 144 valence electrons. The van der Waals surface area contributed by atoms with Crippen molar-refractivity contribution in [3.63, 3.8) is 0 Å². The maximum absolute atomic E-state index is 13.4. The number of nitrogens with one attached hydrogen (secondary N) is 1. The first-order valence-corrected chi connectivity index (χ1v) is 9.64. The minimum absolute atomic E-state index is 0.00541. The molecule has 1 aromatic heterocycles. The maximum Gasteiger partial charge on any atom is 0.257 e. The SMILES string of the molecule is Cc1nonc1COc1ccccc1C(=O)N1CCC[C@]2(C)NCCC[C@@H]12. The van der Waals surface area contributed by atoms with E-state index in [0.717, 1.165) is 38.8 Å². The Morgan fingerprint density at radius 1 is 1.37 bits per heavy atom. The topological polar surface area (TPSA) is 80.5 Å². The largest absolute Gasteiger partial charge is 0.486 e. The number of para-hydroxylation sites is 1. The van der Waals surface area contributed by atoms with Crippen LogP contribution in [0.2, 0.25) is 0 Å². The third-order valence-corrected chi connectivity index (χ3v) is 5.88. The Balaban J connectivity index is 1.56. The molecule has 2 aliphatic rings. The fraction of sp³-hybridized carbons (Fsp3) is 0.550. The van der Waals surface area contributed by atoms with Crippen LogP contribution in [0.25, 0.3) is 0 Å². The van der Waals surface area contributed by atoms with Crippen LogP contribution in [-0.2, 0) is 6.61 Å². The van der Waals surface area contributed by atoms with Crippen LogP contribution in [0.4, 0.5) is 0 Å². The van der Waals surface area contributed by atoms with Crippen molar-refractivity contribution in [3.8, 4) is 5.75 Å². The van der Waals surface area contributed by atoms with Crippen LogP contribution in [0.5, 0.6) is 5.75 Å². The fourth-order valence-electron chi connectivity index (χ4n) is 4.33. The van der Waals surface area contributed by atoms with E-state index in [-0.39, 0.29) is 24.1 Å². The molecule has 1 aromatic carbocycles. The highest BCUT2D eigenvalue weighted by molar-refractivity contribution is 5.97. The van der Waals surface area contributed by atoms with E-state index in [0.29, 0.717) is 22.7 Å². The Bertz CT molecular complexity index is 817. The van der Waals surface area contributed by atoms with Crippen LogP contribution >= 0.6 is 0 Å². The number of nitrogens with zero attached hydrogens (tertiary/aromatic N) is 3. The molecule has 0 bridgehead atoms. The zero-order valence-electron chi connectivity index (χ0n) is 15.9. The summed E-state index contributed by atoms with van der Waals surface area (Å²) < 4.78 is 10.6. The van der Waals surface area contributed by atoms with Crippen LogP contribution in [0.3, 0.4) is 0 Å². The first kappa shape index (κ1) is 18.0. The van der Waals surface area contributed by atoms with E-state index >= 15 is 0 Å². The van der Waals surface area contributed by atoms with Gasteiger partial charge in [0, 0.05) is 18.1 Å². The monoisotopic (exact) mass is 370 g/mol. The number of ether oxygens (including phenoxy) is 1. The van der Waals surface area contributed by atoms with Crippen LogP contribution in [0.1, 0.15) is 54.4 Å². The van der Waals surface area contributed by atoms with E-state index in [1.54, 1.807) is 0 Å². The molecular formula is C20H26N4O3. The highest BCUT2D eigenvalue weighted by Gasteiger charge is 2.44. The lowest BCUT2D eigenvalue weighted by Crippen LogP contribution is -2.65. The zero-order chi connectivity index (χ0) is 18.9. The van der Waals surface area contributed by atoms with E-state index in [1.165, 1.54) is 0 Å². The Morgan fingerprint density at radius 3 is 3.04 bits per heavy atom. The predicted molar refractivity (Wildman–Crippen MR) is 99.5 cm³/mol. The molecule has 2 aromatic rings. The fourth-order valence-corrected chi connectivity index (χ4v) is 4.33. The molecule has 0 spiro atoms. The number of hydrogen-bond acceptors (Lipinski definition) is 6. The van der Waals surface area contributed by atoms with Crippen molar-refractivity contribution in [2.24, 2.45) is 0 Å². The van der Waals surface area contributed by atoms with E-state index in [1.807, 2.05) is 36.1 Å². The van der Waals surface area contributed by atoms with Gasteiger partial charge in [-0.15, -0.1) is 0 Å². The van der Waals surface area contributed by atoms with Crippen LogP contribution in [0, 0.1) is 6.92 Å². The summed E-state index contributed by atoms with van der Waals surface area (Å²) in [4.78, 5) is 15.5. The molecule has 0 radical (unpaired) electrons. The molecule has 1 N–H and O–H groups in total. The van der Waals surface area contributed by atoms with Gasteiger partial charge in [-0.25, -0.2) is 4.63 Å². The van der Waals surface area contributed by atoms with Gasteiger partial charge in [0.15, 0.2) is 0 Å². The van der Waals surface area contributed by atoms with Gasteiger partial charge in [-0.3, -0.25) is 4.79 Å². The van der Waals surface area contributed by atoms with Crippen molar-refractivity contribution >= 4 is 5.91 Å². The second-order valence-electron chi connectivity index (χ2n) is 7.69. The Kier molecular flexibility index (Phi) is 4.86. The number of rotatable bonds is 4. The number of carbonyl (C=O) groups is 1. The maximum atomic E-state index is 13.4. The zero-order valence-corrected chi connectivity index (χ0v) is 15.9. The van der Waals surface area contributed by atoms with Gasteiger partial charge in [0.05, 0.1) is 5.56 Å². The van der Waals surface area contributed by atoms with Crippen molar-refractivity contribution in [1.82, 2.24) is 20.5 Å². The normalized spacial score (nSPS) is 25.1. The molecule has 2 fully saturated rings. The number of benzene rings is 1. The molecule has 27 heavy (non-hydrogen) atoms. The van der Waals surface area contributed by atoms with E-state index in [9.17, 15) is 4.79 Å². The molecule has 4 rings (SSSR count). The van der Waals surface area contributed by atoms with Crippen molar-refractivity contribution < 1.29 is 14.2 Å². The summed E-state index contributed by atoms with van der Waals surface area (Å²) in [5, 5.41) is 11.3. The number of fused-ring (bicyclic) bond motifs is 1. The Hall–Kier alpha value is -2.41. The second-order valence-corrected chi connectivity index (χ2v) is 7.69. The lowest BCUT2D eigenvalue weighted by Gasteiger charge is -2.51. The summed E-state index contributed by atoms with van der Waals surface area (Å²) in [6.45, 7) is 6.11.